The lowest BCUT2D eigenvalue weighted by atomic mass is 10.0. The maximum absolute atomic E-state index is 6.00. The van der Waals surface area contributed by atoms with Gasteiger partial charge in [0.1, 0.15) is 12.9 Å². The Kier molecular flexibility index (Phi) is 3.61. The first-order valence-electron chi connectivity index (χ1n) is 6.04. The summed E-state index contributed by atoms with van der Waals surface area (Å²) < 4.78 is 1.86. The molecule has 17 heavy (non-hydrogen) atoms. The summed E-state index contributed by atoms with van der Waals surface area (Å²) >= 11 is 0. The largest absolute Gasteiger partial charge is 0.370 e. The van der Waals surface area contributed by atoms with Crippen LogP contribution in [0, 0.1) is 5.92 Å². The van der Waals surface area contributed by atoms with Crippen molar-refractivity contribution in [2.45, 2.75) is 26.3 Å². The van der Waals surface area contributed by atoms with Crippen molar-refractivity contribution in [1.29, 1.82) is 0 Å². The number of aliphatic imine (C=N–C) groups is 1. The Labute approximate surface area is 102 Å². The summed E-state index contributed by atoms with van der Waals surface area (Å²) in [6.07, 6.45) is 4.15. The molecule has 2 heterocycles. The Bertz CT molecular complexity index is 396. The molecule has 0 aliphatic carbocycles. The molecular weight excluding hydrogens is 216 g/mol. The monoisotopic (exact) mass is 236 g/mol. The van der Waals surface area contributed by atoms with Crippen LogP contribution in [0.4, 0.5) is 0 Å². The Morgan fingerprint density at radius 1 is 1.65 bits per heavy atom. The lowest BCUT2D eigenvalue weighted by Gasteiger charge is -2.31. The number of likely N-dealkylation sites (tertiary alicyclic amines) is 1. The Balaban J connectivity index is 1.95. The number of piperidine rings is 1. The predicted molar refractivity (Wildman–Crippen MR) is 66.3 cm³/mol. The molecule has 1 aromatic heterocycles. The van der Waals surface area contributed by atoms with Gasteiger partial charge in [0.25, 0.3) is 0 Å². The summed E-state index contributed by atoms with van der Waals surface area (Å²) in [4.78, 5) is 6.54. The second-order valence-electron chi connectivity index (χ2n) is 4.73. The van der Waals surface area contributed by atoms with Gasteiger partial charge in [-0.3, -0.25) is 0 Å². The van der Waals surface area contributed by atoms with Gasteiger partial charge in [-0.1, -0.05) is 6.92 Å². The summed E-state index contributed by atoms with van der Waals surface area (Å²) in [5.74, 6) is 2.16. The van der Waals surface area contributed by atoms with E-state index in [-0.39, 0.29) is 0 Å². The van der Waals surface area contributed by atoms with Gasteiger partial charge in [0.15, 0.2) is 11.8 Å². The molecule has 1 aliphatic rings. The molecule has 6 nitrogen and oxygen atoms in total. The van der Waals surface area contributed by atoms with Crippen molar-refractivity contribution < 1.29 is 0 Å². The Morgan fingerprint density at radius 2 is 2.47 bits per heavy atom. The number of hydrogen-bond donors (Lipinski definition) is 1. The number of hydrogen-bond acceptors (Lipinski definition) is 3. The van der Waals surface area contributed by atoms with Crippen LogP contribution in [0.25, 0.3) is 0 Å². The molecular formula is C11H20N6. The van der Waals surface area contributed by atoms with Gasteiger partial charge < -0.3 is 15.2 Å². The van der Waals surface area contributed by atoms with E-state index in [0.717, 1.165) is 18.9 Å². The molecule has 1 saturated heterocycles. The highest BCUT2D eigenvalue weighted by Crippen LogP contribution is 2.14. The van der Waals surface area contributed by atoms with Gasteiger partial charge in [0.05, 0.1) is 0 Å². The number of rotatable bonds is 2. The highest BCUT2D eigenvalue weighted by Gasteiger charge is 2.17. The molecule has 1 atom stereocenters. The third-order valence-corrected chi connectivity index (χ3v) is 3.17. The van der Waals surface area contributed by atoms with Crippen molar-refractivity contribution in [2.75, 3.05) is 13.1 Å². The van der Waals surface area contributed by atoms with E-state index in [1.54, 1.807) is 6.33 Å². The zero-order valence-corrected chi connectivity index (χ0v) is 10.5. The van der Waals surface area contributed by atoms with Crippen molar-refractivity contribution in [2.24, 2.45) is 23.7 Å². The van der Waals surface area contributed by atoms with Crippen LogP contribution in [-0.2, 0) is 13.6 Å². The van der Waals surface area contributed by atoms with Gasteiger partial charge in [-0.05, 0) is 18.8 Å². The molecule has 0 spiro atoms. The molecule has 2 rings (SSSR count). The molecule has 1 aromatic rings. The zero-order valence-electron chi connectivity index (χ0n) is 10.5. The van der Waals surface area contributed by atoms with E-state index in [2.05, 4.69) is 27.0 Å². The van der Waals surface area contributed by atoms with Crippen LogP contribution < -0.4 is 5.73 Å². The van der Waals surface area contributed by atoms with Crippen molar-refractivity contribution >= 4 is 5.96 Å². The smallest absolute Gasteiger partial charge is 0.191 e. The standard InChI is InChI=1S/C11H20N6/c1-9-4-3-5-17(7-9)11(12)13-6-10-15-14-8-16(10)2/h8-9H,3-7H2,1-2H3,(H2,12,13). The number of nitrogens with zero attached hydrogens (tertiary/aromatic N) is 5. The molecule has 0 saturated carbocycles. The lowest BCUT2D eigenvalue weighted by Crippen LogP contribution is -2.43. The Hall–Kier alpha value is -1.59. The first kappa shape index (κ1) is 11.9. The average molecular weight is 236 g/mol. The van der Waals surface area contributed by atoms with Gasteiger partial charge >= 0.3 is 0 Å². The zero-order chi connectivity index (χ0) is 12.3. The summed E-state index contributed by atoms with van der Waals surface area (Å²) in [6.45, 7) is 4.77. The van der Waals surface area contributed by atoms with Crippen molar-refractivity contribution in [1.82, 2.24) is 19.7 Å². The number of aryl methyl sites for hydroxylation is 1. The van der Waals surface area contributed by atoms with Gasteiger partial charge in [-0.25, -0.2) is 4.99 Å². The highest BCUT2D eigenvalue weighted by molar-refractivity contribution is 5.78. The van der Waals surface area contributed by atoms with Crippen LogP contribution in [0.15, 0.2) is 11.3 Å². The third kappa shape index (κ3) is 2.95. The SMILES string of the molecule is CC1CCCN(C(N)=NCc2nncn2C)C1. The number of nitrogens with two attached hydrogens (primary N) is 1. The fourth-order valence-corrected chi connectivity index (χ4v) is 2.10. The van der Waals surface area contributed by atoms with Gasteiger partial charge in [-0.2, -0.15) is 0 Å². The molecule has 2 N–H and O–H groups in total. The fourth-order valence-electron chi connectivity index (χ4n) is 2.10. The summed E-state index contributed by atoms with van der Waals surface area (Å²) in [6, 6.07) is 0. The molecule has 0 radical (unpaired) electrons. The van der Waals surface area contributed by atoms with E-state index in [1.807, 2.05) is 11.6 Å². The minimum absolute atomic E-state index is 0.493. The number of guanidine groups is 1. The fraction of sp³-hybridized carbons (Fsp3) is 0.727. The normalized spacial score (nSPS) is 21.9. The molecule has 1 fully saturated rings. The second kappa shape index (κ2) is 5.16. The van der Waals surface area contributed by atoms with E-state index in [0.29, 0.717) is 18.4 Å². The minimum Gasteiger partial charge on any atom is -0.370 e. The lowest BCUT2D eigenvalue weighted by molar-refractivity contribution is 0.270. The van der Waals surface area contributed by atoms with Crippen molar-refractivity contribution in [3.63, 3.8) is 0 Å². The maximum Gasteiger partial charge on any atom is 0.191 e. The maximum atomic E-state index is 6.00. The molecule has 94 valence electrons. The van der Waals surface area contributed by atoms with Crippen LogP contribution >= 0.6 is 0 Å². The first-order chi connectivity index (χ1) is 8.16. The minimum atomic E-state index is 0.493. The van der Waals surface area contributed by atoms with Crippen molar-refractivity contribution in [3.8, 4) is 0 Å². The summed E-state index contributed by atoms with van der Waals surface area (Å²) in [5.41, 5.74) is 6.00. The topological polar surface area (TPSA) is 72.3 Å². The van der Waals surface area contributed by atoms with Crippen LogP contribution in [0.1, 0.15) is 25.6 Å². The predicted octanol–water partition coefficient (Wildman–Crippen LogP) is 0.362. The molecule has 1 unspecified atom stereocenters. The highest BCUT2D eigenvalue weighted by atomic mass is 15.3. The van der Waals surface area contributed by atoms with Crippen LogP contribution in [-0.4, -0.2) is 38.7 Å². The van der Waals surface area contributed by atoms with Gasteiger partial charge in [0.2, 0.25) is 0 Å². The number of aromatic nitrogens is 3. The van der Waals surface area contributed by atoms with E-state index >= 15 is 0 Å². The molecule has 6 heteroatoms. The van der Waals surface area contributed by atoms with Gasteiger partial charge in [0, 0.05) is 20.1 Å². The van der Waals surface area contributed by atoms with Crippen LogP contribution in [0.5, 0.6) is 0 Å². The van der Waals surface area contributed by atoms with Gasteiger partial charge in [-0.15, -0.1) is 10.2 Å². The molecule has 0 bridgehead atoms. The van der Waals surface area contributed by atoms with E-state index in [4.69, 9.17) is 5.73 Å². The first-order valence-corrected chi connectivity index (χ1v) is 6.04. The van der Waals surface area contributed by atoms with E-state index < -0.39 is 0 Å². The van der Waals surface area contributed by atoms with Crippen LogP contribution in [0.2, 0.25) is 0 Å². The molecule has 0 amide bonds. The van der Waals surface area contributed by atoms with Crippen molar-refractivity contribution in [3.05, 3.63) is 12.2 Å². The Morgan fingerprint density at radius 3 is 3.12 bits per heavy atom. The van der Waals surface area contributed by atoms with E-state index in [1.165, 1.54) is 12.8 Å². The quantitative estimate of drug-likeness (QED) is 0.594. The molecule has 0 aromatic carbocycles. The molecule has 1 aliphatic heterocycles. The second-order valence-corrected chi connectivity index (χ2v) is 4.73. The third-order valence-electron chi connectivity index (χ3n) is 3.17. The van der Waals surface area contributed by atoms with E-state index in [9.17, 15) is 0 Å². The van der Waals surface area contributed by atoms with Crippen LogP contribution in [0.3, 0.4) is 0 Å². The summed E-state index contributed by atoms with van der Waals surface area (Å²) in [5, 5.41) is 7.79. The summed E-state index contributed by atoms with van der Waals surface area (Å²) in [7, 11) is 1.91. The average Bonchev–Trinajstić information content (AvgIpc) is 2.72.